The zero-order valence-corrected chi connectivity index (χ0v) is 12.9. The van der Waals surface area contributed by atoms with E-state index in [0.29, 0.717) is 5.13 Å². The number of nitrogens with two attached hydrogens (primary N) is 1. The summed E-state index contributed by atoms with van der Waals surface area (Å²) >= 11 is 1.42. The van der Waals surface area contributed by atoms with Crippen molar-refractivity contribution in [3.8, 4) is 22.8 Å². The molecule has 21 heavy (non-hydrogen) atoms. The van der Waals surface area contributed by atoms with Crippen molar-refractivity contribution in [1.82, 2.24) is 4.98 Å². The van der Waals surface area contributed by atoms with E-state index in [0.717, 1.165) is 22.8 Å². The Morgan fingerprint density at radius 1 is 1.05 bits per heavy atom. The van der Waals surface area contributed by atoms with Crippen molar-refractivity contribution in [3.63, 3.8) is 0 Å². The molecule has 0 bridgehead atoms. The molecule has 0 aliphatic carbocycles. The van der Waals surface area contributed by atoms with Gasteiger partial charge in [-0.3, -0.25) is 0 Å². The molecule has 0 aliphatic heterocycles. The van der Waals surface area contributed by atoms with Crippen LogP contribution in [0.2, 0.25) is 0 Å². The molecule has 0 atom stereocenters. The van der Waals surface area contributed by atoms with Gasteiger partial charge < -0.3 is 22.9 Å². The highest BCUT2D eigenvalue weighted by Gasteiger charge is 2.22. The van der Waals surface area contributed by atoms with E-state index in [4.69, 9.17) is 10.5 Å². The number of methoxy groups -OCH3 is 1. The van der Waals surface area contributed by atoms with Crippen LogP contribution >= 0.6 is 11.5 Å². The van der Waals surface area contributed by atoms with Gasteiger partial charge in [0.05, 0.1) is 12.7 Å². The first-order valence-electron chi connectivity index (χ1n) is 6.16. The highest BCUT2D eigenvalue weighted by Crippen LogP contribution is 2.21. The Hall–Kier alpha value is -2.11. The molecule has 0 unspecified atom stereocenters. The normalized spacial score (nSPS) is 9.95. The summed E-state index contributed by atoms with van der Waals surface area (Å²) in [5, 5.41) is 0.541. The molecule has 0 saturated carbocycles. The van der Waals surface area contributed by atoms with Gasteiger partial charge in [-0.2, -0.15) is 0 Å². The molecule has 3 rings (SSSR count). The van der Waals surface area contributed by atoms with Crippen molar-refractivity contribution in [3.05, 3.63) is 54.6 Å². The van der Waals surface area contributed by atoms with Gasteiger partial charge in [0.2, 0.25) is 0 Å². The summed E-state index contributed by atoms with van der Waals surface area (Å²) in [7, 11) is 1.65. The number of nitrogen functional groups attached to an aromatic ring is 1. The van der Waals surface area contributed by atoms with Gasteiger partial charge in [0, 0.05) is 0 Å². The summed E-state index contributed by atoms with van der Waals surface area (Å²) in [5.41, 5.74) is 7.92. The fourth-order valence-corrected chi connectivity index (χ4v) is 2.74. The summed E-state index contributed by atoms with van der Waals surface area (Å²) in [4.78, 5) is 4.43. The number of hydrogen-bond acceptors (Lipinski definition) is 4. The van der Waals surface area contributed by atoms with E-state index in [9.17, 15) is 0 Å². The minimum Gasteiger partial charge on any atom is -1.00 e. The first-order chi connectivity index (χ1) is 9.78. The third-order valence-corrected chi connectivity index (χ3v) is 3.78. The van der Waals surface area contributed by atoms with Gasteiger partial charge in [-0.1, -0.05) is 18.2 Å². The molecule has 2 N–H and O–H groups in total. The second-order valence-corrected chi connectivity index (χ2v) is 5.19. The largest absolute Gasteiger partial charge is 1.00 e. The fraction of sp³-hybridized carbons (Fsp3) is 0.0667. The molecule has 1 heterocycles. The summed E-state index contributed by atoms with van der Waals surface area (Å²) in [6, 6.07) is 17.8. The van der Waals surface area contributed by atoms with Crippen LogP contribution in [0.5, 0.6) is 5.75 Å². The second kappa shape index (κ2) is 6.56. The Morgan fingerprint density at radius 2 is 1.71 bits per heavy atom. The Balaban J connectivity index is 0.00000161. The van der Waals surface area contributed by atoms with Gasteiger partial charge >= 0.3 is 11.0 Å². The van der Waals surface area contributed by atoms with Gasteiger partial charge in [-0.05, 0) is 41.4 Å². The van der Waals surface area contributed by atoms with Gasteiger partial charge in [0.1, 0.15) is 23.0 Å². The molecule has 108 valence electrons. The van der Waals surface area contributed by atoms with Crippen molar-refractivity contribution in [1.29, 1.82) is 0 Å². The molecule has 0 radical (unpaired) electrons. The van der Waals surface area contributed by atoms with Crippen LogP contribution in [0.4, 0.5) is 5.13 Å². The average Bonchev–Trinajstić information content (AvgIpc) is 2.90. The molecule has 0 aliphatic rings. The number of aromatic nitrogens is 2. The molecular weight excluding hydrogens is 306 g/mol. The van der Waals surface area contributed by atoms with Crippen LogP contribution in [0.15, 0.2) is 54.6 Å². The fourth-order valence-electron chi connectivity index (χ4n) is 1.97. The zero-order chi connectivity index (χ0) is 13.9. The average molecular weight is 320 g/mol. The summed E-state index contributed by atoms with van der Waals surface area (Å²) < 4.78 is 7.20. The number of nitrogens with zero attached hydrogens (tertiary/aromatic N) is 2. The van der Waals surface area contributed by atoms with Crippen molar-refractivity contribution < 1.29 is 21.1 Å². The predicted molar refractivity (Wildman–Crippen MR) is 80.0 cm³/mol. The highest BCUT2D eigenvalue weighted by molar-refractivity contribution is 7.05. The number of halogens is 1. The van der Waals surface area contributed by atoms with Crippen molar-refractivity contribution in [2.75, 3.05) is 12.8 Å². The SMILES string of the molecule is COc1ccc(-[n+]2sc(N)nc2-c2ccccc2)cc1.[Cl-]. The lowest BCUT2D eigenvalue weighted by Gasteiger charge is -2.00. The maximum atomic E-state index is 5.87. The Labute approximate surface area is 133 Å². The maximum absolute atomic E-state index is 5.87. The predicted octanol–water partition coefficient (Wildman–Crippen LogP) is -0.318. The third-order valence-electron chi connectivity index (χ3n) is 2.93. The standard InChI is InChI=1S/C15H13N3OS.ClH/c1-19-13-9-7-12(8-10-13)18-14(17-15(16)20-18)11-5-3-2-4-6-11;/h2-10,16H,1H3;1H. The molecule has 0 spiro atoms. The Bertz CT molecular complexity index is 714. The van der Waals surface area contributed by atoms with Gasteiger partial charge in [0.25, 0.3) is 0 Å². The van der Waals surface area contributed by atoms with E-state index in [1.807, 2.05) is 58.6 Å². The van der Waals surface area contributed by atoms with Gasteiger partial charge in [-0.25, -0.2) is 0 Å². The molecule has 6 heteroatoms. The number of hydrogen-bond donors (Lipinski definition) is 1. The van der Waals surface area contributed by atoms with Crippen LogP contribution in [0.3, 0.4) is 0 Å². The van der Waals surface area contributed by atoms with Crippen molar-refractivity contribution in [2.45, 2.75) is 0 Å². The van der Waals surface area contributed by atoms with E-state index in [-0.39, 0.29) is 12.4 Å². The number of benzene rings is 2. The molecule has 3 aromatic rings. The first kappa shape index (κ1) is 15.3. The van der Waals surface area contributed by atoms with Crippen LogP contribution in [0, 0.1) is 0 Å². The quantitative estimate of drug-likeness (QED) is 0.673. The second-order valence-electron chi connectivity index (χ2n) is 4.22. The summed E-state index contributed by atoms with van der Waals surface area (Å²) in [6.07, 6.45) is 0. The molecule has 0 saturated heterocycles. The van der Waals surface area contributed by atoms with Crippen LogP contribution in [-0.2, 0) is 0 Å². The highest BCUT2D eigenvalue weighted by atomic mass is 35.5. The topological polar surface area (TPSA) is 52.0 Å². The van der Waals surface area contributed by atoms with Crippen LogP contribution in [0.25, 0.3) is 17.1 Å². The summed E-state index contributed by atoms with van der Waals surface area (Å²) in [6.45, 7) is 0. The van der Waals surface area contributed by atoms with Crippen LogP contribution in [-0.4, -0.2) is 12.1 Å². The molecule has 0 fully saturated rings. The van der Waals surface area contributed by atoms with E-state index in [1.165, 1.54) is 11.5 Å². The van der Waals surface area contributed by atoms with E-state index in [1.54, 1.807) is 7.11 Å². The lowest BCUT2D eigenvalue weighted by molar-refractivity contribution is -0.509. The Kier molecular flexibility index (Phi) is 4.77. The van der Waals surface area contributed by atoms with Gasteiger partial charge in [0.15, 0.2) is 0 Å². The van der Waals surface area contributed by atoms with Crippen LogP contribution in [0.1, 0.15) is 0 Å². The molecule has 4 nitrogen and oxygen atoms in total. The lowest BCUT2D eigenvalue weighted by Crippen LogP contribution is -3.00. The van der Waals surface area contributed by atoms with Crippen LogP contribution < -0.4 is 26.8 Å². The molecule has 0 amide bonds. The molecular formula is C15H14ClN3OS. The maximum Gasteiger partial charge on any atom is 0.350 e. The number of ether oxygens (including phenoxy) is 1. The van der Waals surface area contributed by atoms with E-state index >= 15 is 0 Å². The Morgan fingerprint density at radius 3 is 2.33 bits per heavy atom. The van der Waals surface area contributed by atoms with E-state index in [2.05, 4.69) is 4.98 Å². The molecule has 2 aromatic carbocycles. The molecule has 1 aromatic heterocycles. The lowest BCUT2D eigenvalue weighted by atomic mass is 10.2. The van der Waals surface area contributed by atoms with E-state index < -0.39 is 0 Å². The first-order valence-corrected chi connectivity index (χ1v) is 6.94. The monoisotopic (exact) mass is 319 g/mol. The van der Waals surface area contributed by atoms with Gasteiger partial charge in [-0.15, -0.1) is 3.96 Å². The zero-order valence-electron chi connectivity index (χ0n) is 11.4. The van der Waals surface area contributed by atoms with Crippen molar-refractivity contribution in [2.24, 2.45) is 0 Å². The number of anilines is 1. The minimum absolute atomic E-state index is 0. The number of rotatable bonds is 3. The minimum atomic E-state index is 0. The van der Waals surface area contributed by atoms with Crippen molar-refractivity contribution >= 4 is 16.7 Å². The summed E-state index contributed by atoms with van der Waals surface area (Å²) in [5.74, 6) is 1.67. The smallest absolute Gasteiger partial charge is 0.350 e. The third kappa shape index (κ3) is 3.15.